The Morgan fingerprint density at radius 2 is 1.66 bits per heavy atom. The summed E-state index contributed by atoms with van der Waals surface area (Å²) in [7, 11) is 0. The van der Waals surface area contributed by atoms with Crippen molar-refractivity contribution in [3.8, 4) is 0 Å². The van der Waals surface area contributed by atoms with Gasteiger partial charge in [-0.1, -0.05) is 62.3 Å². The normalized spacial score (nSPS) is 34.9. The maximum atomic E-state index is 15.1. The van der Waals surface area contributed by atoms with Crippen molar-refractivity contribution in [2.24, 2.45) is 16.7 Å². The topological polar surface area (TPSA) is 224 Å². The number of ketones is 1. The number of fused-ring (bicyclic) bond motifs is 5. The van der Waals surface area contributed by atoms with Crippen LogP contribution in [0, 0.1) is 16.7 Å². The number of aliphatic hydroxyl groups is 4. The van der Waals surface area contributed by atoms with E-state index in [-0.39, 0.29) is 23.1 Å². The minimum absolute atomic E-state index is 0.0324. The molecule has 2 aromatic carbocycles. The Labute approximate surface area is 343 Å². The maximum absolute atomic E-state index is 15.1. The summed E-state index contributed by atoms with van der Waals surface area (Å²) >= 11 is 0. The third-order valence-corrected chi connectivity index (χ3v) is 12.3. The highest BCUT2D eigenvalue weighted by molar-refractivity contribution is 5.94. The molecule has 15 heteroatoms. The van der Waals surface area contributed by atoms with Gasteiger partial charge in [-0.3, -0.25) is 9.59 Å². The first-order chi connectivity index (χ1) is 29.1. The van der Waals surface area contributed by atoms with Gasteiger partial charge >= 0.3 is 24.0 Å². The van der Waals surface area contributed by atoms with Crippen molar-refractivity contribution in [1.82, 2.24) is 5.32 Å². The summed E-state index contributed by atoms with van der Waals surface area (Å²) in [6, 6.07) is 1.92. The lowest BCUT2D eigenvalue weighted by atomic mass is 9.44. The average molecular weight is 813 g/mol. The van der Waals surface area contributed by atoms with Crippen LogP contribution in [0.5, 0.6) is 0 Å². The van der Waals surface area contributed by atoms with Crippen LogP contribution in [-0.2, 0) is 38.1 Å². The van der Waals surface area contributed by atoms with E-state index < -0.39 is 155 Å². The number of amides is 1. The molecule has 15 nitrogen and oxygen atoms in total. The molecule has 0 aromatic heterocycles. The first kappa shape index (κ1) is 36.4. The van der Waals surface area contributed by atoms with Gasteiger partial charge in [0, 0.05) is 25.2 Å². The van der Waals surface area contributed by atoms with Crippen molar-refractivity contribution in [2.45, 2.75) is 128 Å². The molecule has 1 heterocycles. The summed E-state index contributed by atoms with van der Waals surface area (Å²) < 4.78 is 70.7. The van der Waals surface area contributed by atoms with E-state index in [1.807, 2.05) is 0 Å². The lowest BCUT2D eigenvalue weighted by molar-refractivity contribution is -0.346. The van der Waals surface area contributed by atoms with Crippen molar-refractivity contribution in [1.29, 1.82) is 0 Å². The third kappa shape index (κ3) is 7.10. The van der Waals surface area contributed by atoms with Crippen LogP contribution in [0.4, 0.5) is 4.79 Å². The molecule has 5 N–H and O–H groups in total. The minimum atomic E-state index is -2.63. The Bertz CT molecular complexity index is 2240. The van der Waals surface area contributed by atoms with Crippen molar-refractivity contribution in [3.63, 3.8) is 0 Å². The van der Waals surface area contributed by atoms with E-state index in [1.165, 1.54) is 39.8 Å². The first-order valence-electron chi connectivity index (χ1n) is 21.4. The molecular formula is C43H53NO14. The number of esters is 3. The summed E-state index contributed by atoms with van der Waals surface area (Å²) in [6.07, 6.45) is -13.0. The Morgan fingerprint density at radius 3 is 2.22 bits per heavy atom. The predicted molar refractivity (Wildman–Crippen MR) is 204 cm³/mol. The second-order valence-corrected chi connectivity index (χ2v) is 17.2. The van der Waals surface area contributed by atoms with Gasteiger partial charge in [-0.25, -0.2) is 14.4 Å². The number of Topliss-reactive ketones (excluding diaryl/α,β-unsaturated/α-hetero) is 1. The Morgan fingerprint density at radius 1 is 1.02 bits per heavy atom. The molecule has 4 aliphatic rings. The van der Waals surface area contributed by atoms with Gasteiger partial charge in [-0.2, -0.15) is 0 Å². The monoisotopic (exact) mass is 812 g/mol. The molecule has 0 radical (unpaired) electrons. The largest absolute Gasteiger partial charge is 0.456 e. The number of ether oxygens (including phenoxy) is 5. The molecule has 6 rings (SSSR count). The number of aliphatic hydroxyl groups excluding tert-OH is 3. The summed E-state index contributed by atoms with van der Waals surface area (Å²) in [5, 5.41) is 51.8. The lowest BCUT2D eigenvalue weighted by Gasteiger charge is -2.67. The number of hydrogen-bond acceptors (Lipinski definition) is 14. The second kappa shape index (κ2) is 15.2. The summed E-state index contributed by atoms with van der Waals surface area (Å²) in [5.41, 5.74) is -10.5. The average Bonchev–Trinajstić information content (AvgIpc) is 3.19. The lowest BCUT2D eigenvalue weighted by Crippen LogP contribution is -2.81. The van der Waals surface area contributed by atoms with Crippen LogP contribution in [0.3, 0.4) is 0 Å². The second-order valence-electron chi connectivity index (χ2n) is 17.2. The van der Waals surface area contributed by atoms with Crippen LogP contribution >= 0.6 is 0 Å². The summed E-state index contributed by atoms with van der Waals surface area (Å²) in [5.74, 6) is -6.67. The molecule has 314 valence electrons. The molecule has 11 atom stereocenters. The van der Waals surface area contributed by atoms with Crippen LogP contribution in [0.25, 0.3) is 0 Å². The van der Waals surface area contributed by atoms with Gasteiger partial charge in [-0.05, 0) is 63.4 Å². The smallest absolute Gasteiger partial charge is 0.408 e. The predicted octanol–water partition coefficient (Wildman–Crippen LogP) is 3.26. The highest BCUT2D eigenvalue weighted by atomic mass is 16.6. The van der Waals surface area contributed by atoms with Crippen molar-refractivity contribution in [3.05, 3.63) is 82.8 Å². The number of hydrogen-bond donors (Lipinski definition) is 5. The van der Waals surface area contributed by atoms with Gasteiger partial charge in [0.2, 0.25) is 0 Å². The number of rotatable bonds is 8. The Kier molecular flexibility index (Phi) is 9.52. The van der Waals surface area contributed by atoms with Crippen LogP contribution in [-0.4, -0.2) is 110 Å². The van der Waals surface area contributed by atoms with Gasteiger partial charge in [0.05, 0.1) is 42.5 Å². The number of benzene rings is 2. The SMILES string of the molecule is [2H]c1c([2H])c([2H])c(C(=O)O[C@H]2[C@@H]3C4(OC(C)=O)COC4C[C@H](O)[C@@]3(C)C(=O)[C@H](O)C3=C(C)[C@@H](OC(=O)[C@H](O)C(NC(=O)OC(C)(C)C)c4ccccc4)CC2(O)C3(C)C)c([2H])c1[2H]. The van der Waals surface area contributed by atoms with E-state index >= 15 is 4.79 Å². The van der Waals surface area contributed by atoms with Crippen LogP contribution in [0.2, 0.25) is 0 Å². The van der Waals surface area contributed by atoms with Crippen LogP contribution in [0.1, 0.15) is 97.0 Å². The zero-order valence-corrected chi connectivity index (χ0v) is 33.5. The summed E-state index contributed by atoms with van der Waals surface area (Å²) in [4.78, 5) is 69.6. The Balaban J connectivity index is 1.54. The number of nitrogens with one attached hydrogen (secondary N) is 1. The molecule has 3 fully saturated rings. The van der Waals surface area contributed by atoms with E-state index in [4.69, 9.17) is 30.5 Å². The van der Waals surface area contributed by atoms with Crippen LogP contribution in [0.15, 0.2) is 71.7 Å². The third-order valence-electron chi connectivity index (χ3n) is 12.3. The fourth-order valence-electron chi connectivity index (χ4n) is 9.33. The molecular weight excluding hydrogens is 754 g/mol. The van der Waals surface area contributed by atoms with Crippen molar-refractivity contribution < 1.29 is 74.9 Å². The zero-order chi connectivity index (χ0) is 47.1. The molecule has 3 aliphatic carbocycles. The Hall–Kier alpha value is -4.67. The van der Waals surface area contributed by atoms with Crippen molar-refractivity contribution >= 4 is 29.8 Å². The molecule has 2 bridgehead atoms. The van der Waals surface area contributed by atoms with Gasteiger partial charge in [0.1, 0.15) is 35.6 Å². The first-order valence-corrected chi connectivity index (χ1v) is 18.9. The van der Waals surface area contributed by atoms with Gasteiger partial charge in [-0.15, -0.1) is 0 Å². The standard InChI is InChI=1S/C43H53NO14/c1-22-26(55-37(51)32(48)30(24-15-11-9-12-16-24)44-38(52)58-39(3,4)5)20-43(53)35(56-36(50)25-17-13-10-14-18-25)33-41(8,34(49)31(47)29(22)40(43,6)7)27(46)19-28-42(33,21-54-28)57-23(2)45/h9-18,26-28,30-33,35,46-48,53H,19-21H2,1-8H3,(H,44,52)/t26-,27-,28?,30?,31+,32+,33-,35-,41+,42?,43?/m0/s1/i10D,13D,14D,17D,18D. The fourth-order valence-corrected chi connectivity index (χ4v) is 9.33. The van der Waals surface area contributed by atoms with E-state index in [9.17, 15) is 39.6 Å². The van der Waals surface area contributed by atoms with Crippen molar-refractivity contribution in [2.75, 3.05) is 6.61 Å². The highest BCUT2D eigenvalue weighted by Crippen LogP contribution is 2.64. The molecule has 1 amide bonds. The number of alkyl carbamates (subject to hydrolysis) is 1. The zero-order valence-electron chi connectivity index (χ0n) is 38.5. The molecule has 1 saturated heterocycles. The van der Waals surface area contributed by atoms with Gasteiger partial charge < -0.3 is 49.4 Å². The fraction of sp³-hybridized carbons (Fsp3) is 0.558. The molecule has 2 saturated carbocycles. The minimum Gasteiger partial charge on any atom is -0.456 e. The highest BCUT2D eigenvalue weighted by Gasteiger charge is 2.78. The van der Waals surface area contributed by atoms with E-state index in [1.54, 1.807) is 39.0 Å². The molecule has 2 aromatic rings. The molecule has 1 aliphatic heterocycles. The summed E-state index contributed by atoms with van der Waals surface area (Å²) in [6.45, 7) is 10.9. The number of carbonyl (C=O) groups excluding carboxylic acids is 5. The number of carbonyl (C=O) groups is 5. The van der Waals surface area contributed by atoms with E-state index in [0.29, 0.717) is 0 Å². The molecule has 4 unspecified atom stereocenters. The van der Waals surface area contributed by atoms with E-state index in [2.05, 4.69) is 5.32 Å². The van der Waals surface area contributed by atoms with Crippen LogP contribution < -0.4 is 5.32 Å². The van der Waals surface area contributed by atoms with Gasteiger partial charge in [0.15, 0.2) is 17.5 Å². The molecule has 0 spiro atoms. The maximum Gasteiger partial charge on any atom is 0.408 e. The van der Waals surface area contributed by atoms with E-state index in [0.717, 1.165) is 6.92 Å². The quantitative estimate of drug-likeness (QED) is 0.147. The molecule has 58 heavy (non-hydrogen) atoms. The van der Waals surface area contributed by atoms with Gasteiger partial charge in [0.25, 0.3) is 0 Å².